The van der Waals surface area contributed by atoms with Crippen LogP contribution in [-0.4, -0.2) is 14.2 Å². The Morgan fingerprint density at radius 2 is 1.83 bits per heavy atom. The molecule has 0 aliphatic heterocycles. The Labute approximate surface area is 136 Å². The number of carbonyl (C=O) groups is 1. The Hall–Kier alpha value is -2.40. The Kier molecular flexibility index (Phi) is 5.71. The SMILES string of the molecule is CCC(=O)/C=C/c1cccc(NS(=O)(=O)Cc2ccccc2)c1. The van der Waals surface area contributed by atoms with E-state index in [4.69, 9.17) is 0 Å². The molecule has 0 saturated carbocycles. The Bertz CT molecular complexity index is 796. The molecule has 2 aromatic carbocycles. The van der Waals surface area contributed by atoms with Crippen molar-refractivity contribution in [3.63, 3.8) is 0 Å². The molecular formula is C18H19NO3S. The summed E-state index contributed by atoms with van der Waals surface area (Å²) >= 11 is 0. The number of nitrogens with one attached hydrogen (secondary N) is 1. The zero-order chi connectivity index (χ0) is 16.7. The zero-order valence-electron chi connectivity index (χ0n) is 12.9. The molecule has 0 aliphatic carbocycles. The lowest BCUT2D eigenvalue weighted by Crippen LogP contribution is -2.15. The molecule has 0 aliphatic rings. The first-order valence-corrected chi connectivity index (χ1v) is 8.99. The number of hydrogen-bond acceptors (Lipinski definition) is 3. The minimum Gasteiger partial charge on any atom is -0.295 e. The smallest absolute Gasteiger partial charge is 0.236 e. The Morgan fingerprint density at radius 1 is 1.09 bits per heavy atom. The molecule has 0 bridgehead atoms. The first-order valence-electron chi connectivity index (χ1n) is 7.34. The molecule has 0 atom stereocenters. The highest BCUT2D eigenvalue weighted by Gasteiger charge is 2.11. The molecule has 0 fully saturated rings. The molecule has 0 heterocycles. The van der Waals surface area contributed by atoms with Crippen LogP contribution in [0.25, 0.3) is 6.08 Å². The van der Waals surface area contributed by atoms with E-state index >= 15 is 0 Å². The lowest BCUT2D eigenvalue weighted by molar-refractivity contribution is -0.114. The summed E-state index contributed by atoms with van der Waals surface area (Å²) in [7, 11) is -3.48. The maximum atomic E-state index is 12.2. The summed E-state index contributed by atoms with van der Waals surface area (Å²) in [4.78, 5) is 11.3. The highest BCUT2D eigenvalue weighted by atomic mass is 32.2. The van der Waals surface area contributed by atoms with Crippen LogP contribution < -0.4 is 4.72 Å². The van der Waals surface area contributed by atoms with Crippen LogP contribution >= 0.6 is 0 Å². The number of rotatable bonds is 7. The predicted octanol–water partition coefficient (Wildman–Crippen LogP) is 3.62. The normalized spacial score (nSPS) is 11.5. The van der Waals surface area contributed by atoms with E-state index in [0.29, 0.717) is 12.1 Å². The summed E-state index contributed by atoms with van der Waals surface area (Å²) in [5.74, 6) is -0.0533. The van der Waals surface area contributed by atoms with Crippen LogP contribution in [0, 0.1) is 0 Å². The van der Waals surface area contributed by atoms with Gasteiger partial charge in [-0.05, 0) is 29.3 Å². The van der Waals surface area contributed by atoms with Crippen LogP contribution in [0.15, 0.2) is 60.7 Å². The number of benzene rings is 2. The second-order valence-corrected chi connectivity index (χ2v) is 6.85. The first-order chi connectivity index (χ1) is 11.0. The quantitative estimate of drug-likeness (QED) is 0.789. The number of sulfonamides is 1. The van der Waals surface area contributed by atoms with Crippen LogP contribution in [0.4, 0.5) is 5.69 Å². The van der Waals surface area contributed by atoms with E-state index < -0.39 is 10.0 Å². The number of carbonyl (C=O) groups excluding carboxylic acids is 1. The fourth-order valence-corrected chi connectivity index (χ4v) is 3.21. The van der Waals surface area contributed by atoms with E-state index in [-0.39, 0.29) is 11.5 Å². The van der Waals surface area contributed by atoms with Gasteiger partial charge in [-0.3, -0.25) is 9.52 Å². The lowest BCUT2D eigenvalue weighted by Gasteiger charge is -2.08. The monoisotopic (exact) mass is 329 g/mol. The van der Waals surface area contributed by atoms with Crippen molar-refractivity contribution < 1.29 is 13.2 Å². The molecule has 0 amide bonds. The van der Waals surface area contributed by atoms with Crippen molar-refractivity contribution in [2.45, 2.75) is 19.1 Å². The molecule has 4 nitrogen and oxygen atoms in total. The molecule has 2 aromatic rings. The van der Waals surface area contributed by atoms with E-state index in [1.54, 1.807) is 55.5 Å². The van der Waals surface area contributed by atoms with Crippen LogP contribution in [0.2, 0.25) is 0 Å². The van der Waals surface area contributed by atoms with Gasteiger partial charge in [-0.15, -0.1) is 0 Å². The summed E-state index contributed by atoms with van der Waals surface area (Å²) in [6.45, 7) is 1.79. The average molecular weight is 329 g/mol. The molecule has 5 heteroatoms. The van der Waals surface area contributed by atoms with Gasteiger partial charge >= 0.3 is 0 Å². The number of hydrogen-bond donors (Lipinski definition) is 1. The van der Waals surface area contributed by atoms with Crippen molar-refractivity contribution in [2.75, 3.05) is 4.72 Å². The van der Waals surface area contributed by atoms with Gasteiger partial charge in [-0.25, -0.2) is 8.42 Å². The Morgan fingerprint density at radius 3 is 2.52 bits per heavy atom. The predicted molar refractivity (Wildman–Crippen MR) is 93.5 cm³/mol. The molecule has 0 unspecified atom stereocenters. The van der Waals surface area contributed by atoms with E-state index in [2.05, 4.69) is 4.72 Å². The average Bonchev–Trinajstić information content (AvgIpc) is 2.53. The summed E-state index contributed by atoms with van der Waals surface area (Å²) in [5.41, 5.74) is 1.98. The highest BCUT2D eigenvalue weighted by molar-refractivity contribution is 7.91. The minimum atomic E-state index is -3.48. The Balaban J connectivity index is 2.10. The van der Waals surface area contributed by atoms with Crippen LogP contribution in [-0.2, 0) is 20.6 Å². The van der Waals surface area contributed by atoms with Gasteiger partial charge in [0, 0.05) is 12.1 Å². The minimum absolute atomic E-state index is 0.0278. The zero-order valence-corrected chi connectivity index (χ0v) is 13.7. The third-order valence-electron chi connectivity index (χ3n) is 3.17. The largest absolute Gasteiger partial charge is 0.295 e. The van der Waals surface area contributed by atoms with Crippen LogP contribution in [0.3, 0.4) is 0 Å². The van der Waals surface area contributed by atoms with Gasteiger partial charge in [0.1, 0.15) is 0 Å². The first kappa shape index (κ1) is 17.0. The number of allylic oxidation sites excluding steroid dienone is 1. The summed E-state index contributed by atoms with van der Waals surface area (Å²) < 4.78 is 27.0. The summed E-state index contributed by atoms with van der Waals surface area (Å²) in [6, 6.07) is 15.9. The molecule has 0 aromatic heterocycles. The number of anilines is 1. The maximum absolute atomic E-state index is 12.2. The van der Waals surface area contributed by atoms with Gasteiger partial charge in [-0.2, -0.15) is 0 Å². The fourth-order valence-electron chi connectivity index (χ4n) is 2.02. The van der Waals surface area contributed by atoms with Crippen LogP contribution in [0.1, 0.15) is 24.5 Å². The molecule has 0 radical (unpaired) electrons. The van der Waals surface area contributed by atoms with Gasteiger partial charge < -0.3 is 0 Å². The number of ketones is 1. The van der Waals surface area contributed by atoms with Gasteiger partial charge in [0.05, 0.1) is 5.75 Å². The van der Waals surface area contributed by atoms with Crippen molar-refractivity contribution in [1.29, 1.82) is 0 Å². The van der Waals surface area contributed by atoms with E-state index in [9.17, 15) is 13.2 Å². The third-order valence-corrected chi connectivity index (χ3v) is 4.43. The maximum Gasteiger partial charge on any atom is 0.236 e. The second-order valence-electron chi connectivity index (χ2n) is 5.13. The van der Waals surface area contributed by atoms with Crippen molar-refractivity contribution in [3.8, 4) is 0 Å². The summed E-state index contributed by atoms with van der Waals surface area (Å²) in [5, 5.41) is 0. The topological polar surface area (TPSA) is 63.2 Å². The highest BCUT2D eigenvalue weighted by Crippen LogP contribution is 2.15. The summed E-state index contributed by atoms with van der Waals surface area (Å²) in [6.07, 6.45) is 3.62. The van der Waals surface area contributed by atoms with Crippen LogP contribution in [0.5, 0.6) is 0 Å². The van der Waals surface area contributed by atoms with Gasteiger partial charge in [0.15, 0.2) is 5.78 Å². The molecule has 1 N–H and O–H groups in total. The molecule has 0 spiro atoms. The third kappa shape index (κ3) is 5.71. The fraction of sp³-hybridized carbons (Fsp3) is 0.167. The molecule has 120 valence electrons. The van der Waals surface area contributed by atoms with E-state index in [0.717, 1.165) is 11.1 Å². The molecule has 0 saturated heterocycles. The lowest BCUT2D eigenvalue weighted by atomic mass is 10.1. The van der Waals surface area contributed by atoms with E-state index in [1.165, 1.54) is 6.08 Å². The van der Waals surface area contributed by atoms with Gasteiger partial charge in [0.25, 0.3) is 0 Å². The van der Waals surface area contributed by atoms with Gasteiger partial charge in [0.2, 0.25) is 10.0 Å². The second kappa shape index (κ2) is 7.74. The van der Waals surface area contributed by atoms with Crippen molar-refractivity contribution in [3.05, 3.63) is 71.8 Å². The molecule has 2 rings (SSSR count). The van der Waals surface area contributed by atoms with Crippen molar-refractivity contribution >= 4 is 27.6 Å². The van der Waals surface area contributed by atoms with E-state index in [1.807, 2.05) is 12.1 Å². The molecule has 23 heavy (non-hydrogen) atoms. The molecular weight excluding hydrogens is 310 g/mol. The van der Waals surface area contributed by atoms with Gasteiger partial charge in [-0.1, -0.05) is 55.5 Å². The van der Waals surface area contributed by atoms with Crippen molar-refractivity contribution in [1.82, 2.24) is 0 Å². The standard InChI is InChI=1S/C18H19NO3S/c1-2-18(20)12-11-15-9-6-10-17(13-15)19-23(21,22)14-16-7-4-3-5-8-16/h3-13,19H,2,14H2,1H3/b12-11+. The van der Waals surface area contributed by atoms with Crippen molar-refractivity contribution in [2.24, 2.45) is 0 Å².